The summed E-state index contributed by atoms with van der Waals surface area (Å²) in [4.78, 5) is 39.5. The highest BCUT2D eigenvalue weighted by Gasteiger charge is 2.33. The lowest BCUT2D eigenvalue weighted by Crippen LogP contribution is -2.42. The molecule has 3 amide bonds. The van der Waals surface area contributed by atoms with E-state index in [9.17, 15) is 23.2 Å². The lowest BCUT2D eigenvalue weighted by Gasteiger charge is -2.22. The SMILES string of the molecule is CN1C(=O)C(NC(=O)CC(=O)NCc2cc(F)cc(F)c2)c2ccccc2-c2ccccc21. The fourth-order valence-corrected chi connectivity index (χ4v) is 3.91. The van der Waals surface area contributed by atoms with Crippen LogP contribution in [0.1, 0.15) is 23.6 Å². The number of para-hydroxylation sites is 1. The Bertz CT molecular complexity index is 1220. The molecule has 3 aromatic rings. The van der Waals surface area contributed by atoms with E-state index in [1.54, 1.807) is 19.2 Å². The van der Waals surface area contributed by atoms with Gasteiger partial charge in [0.2, 0.25) is 11.8 Å². The standard InChI is InChI=1S/C25H21F2N3O3/c1-30-21-9-5-4-7-19(21)18-6-2-3-8-20(18)24(25(30)33)29-23(32)13-22(31)28-14-15-10-16(26)12-17(27)11-15/h2-12,24H,13-14H2,1H3,(H,28,31)(H,29,32). The summed E-state index contributed by atoms with van der Waals surface area (Å²) in [7, 11) is 1.64. The van der Waals surface area contributed by atoms with E-state index in [2.05, 4.69) is 10.6 Å². The highest BCUT2D eigenvalue weighted by molar-refractivity contribution is 6.07. The predicted octanol–water partition coefficient (Wildman–Crippen LogP) is 3.47. The largest absolute Gasteiger partial charge is 0.352 e. The molecule has 6 nitrogen and oxygen atoms in total. The molecule has 0 radical (unpaired) electrons. The molecule has 0 saturated heterocycles. The quantitative estimate of drug-likeness (QED) is 0.586. The van der Waals surface area contributed by atoms with E-state index in [-0.39, 0.29) is 18.0 Å². The van der Waals surface area contributed by atoms with Crippen molar-refractivity contribution in [1.82, 2.24) is 10.6 Å². The fraction of sp³-hybridized carbons (Fsp3) is 0.160. The smallest absolute Gasteiger partial charge is 0.253 e. The first-order valence-electron chi connectivity index (χ1n) is 10.3. The molecule has 168 valence electrons. The highest BCUT2D eigenvalue weighted by Crippen LogP contribution is 2.39. The summed E-state index contributed by atoms with van der Waals surface area (Å²) in [5.74, 6) is -3.13. The average Bonchev–Trinajstić information content (AvgIpc) is 2.87. The van der Waals surface area contributed by atoms with Crippen molar-refractivity contribution in [3.63, 3.8) is 0 Å². The summed E-state index contributed by atoms with van der Waals surface area (Å²) in [6, 6.07) is 16.7. The van der Waals surface area contributed by atoms with Crippen LogP contribution in [0.15, 0.2) is 66.7 Å². The zero-order valence-electron chi connectivity index (χ0n) is 17.8. The molecule has 0 bridgehead atoms. The van der Waals surface area contributed by atoms with Crippen LogP contribution in [0.5, 0.6) is 0 Å². The summed E-state index contributed by atoms with van der Waals surface area (Å²) in [5, 5.41) is 5.13. The van der Waals surface area contributed by atoms with Crippen LogP contribution in [-0.4, -0.2) is 24.8 Å². The van der Waals surface area contributed by atoms with Crippen molar-refractivity contribution >= 4 is 23.4 Å². The third kappa shape index (κ3) is 4.74. The zero-order chi connectivity index (χ0) is 23.5. The van der Waals surface area contributed by atoms with Gasteiger partial charge in [0.1, 0.15) is 24.1 Å². The van der Waals surface area contributed by atoms with Gasteiger partial charge in [0, 0.05) is 25.2 Å². The Morgan fingerprint density at radius 3 is 2.27 bits per heavy atom. The first-order chi connectivity index (χ1) is 15.8. The van der Waals surface area contributed by atoms with Crippen molar-refractivity contribution in [2.75, 3.05) is 11.9 Å². The Hall–Kier alpha value is -4.07. The molecule has 0 aromatic heterocycles. The topological polar surface area (TPSA) is 78.5 Å². The van der Waals surface area contributed by atoms with E-state index in [4.69, 9.17) is 0 Å². The lowest BCUT2D eigenvalue weighted by atomic mass is 9.95. The van der Waals surface area contributed by atoms with E-state index in [0.717, 1.165) is 29.3 Å². The van der Waals surface area contributed by atoms with Gasteiger partial charge in [0.05, 0.1) is 5.69 Å². The molecule has 0 aliphatic carbocycles. The Balaban J connectivity index is 1.48. The molecule has 4 rings (SSSR count). The third-order valence-corrected chi connectivity index (χ3v) is 5.44. The molecule has 1 heterocycles. The van der Waals surface area contributed by atoms with Crippen LogP contribution in [0.25, 0.3) is 11.1 Å². The summed E-state index contributed by atoms with van der Waals surface area (Å²) in [5.41, 5.74) is 3.25. The number of hydrogen-bond acceptors (Lipinski definition) is 3. The Morgan fingerprint density at radius 1 is 0.909 bits per heavy atom. The zero-order valence-corrected chi connectivity index (χ0v) is 17.8. The summed E-state index contributed by atoms with van der Waals surface area (Å²) < 4.78 is 26.6. The van der Waals surface area contributed by atoms with Crippen LogP contribution >= 0.6 is 0 Å². The van der Waals surface area contributed by atoms with Crippen LogP contribution in [0.3, 0.4) is 0 Å². The van der Waals surface area contributed by atoms with E-state index >= 15 is 0 Å². The molecule has 2 N–H and O–H groups in total. The molecule has 3 aromatic carbocycles. The van der Waals surface area contributed by atoms with E-state index in [1.165, 1.54) is 4.90 Å². The van der Waals surface area contributed by atoms with Gasteiger partial charge in [-0.15, -0.1) is 0 Å². The maximum absolute atomic E-state index is 13.3. The number of benzene rings is 3. The summed E-state index contributed by atoms with van der Waals surface area (Å²) in [6.07, 6.45) is -0.541. The van der Waals surface area contributed by atoms with Gasteiger partial charge in [-0.2, -0.15) is 0 Å². The Morgan fingerprint density at radius 2 is 1.55 bits per heavy atom. The average molecular weight is 449 g/mol. The van der Waals surface area contributed by atoms with Crippen molar-refractivity contribution < 1.29 is 23.2 Å². The van der Waals surface area contributed by atoms with Crippen molar-refractivity contribution in [1.29, 1.82) is 0 Å². The van der Waals surface area contributed by atoms with Crippen molar-refractivity contribution in [2.24, 2.45) is 0 Å². The van der Waals surface area contributed by atoms with E-state index < -0.39 is 35.9 Å². The molecular weight excluding hydrogens is 428 g/mol. The first kappa shape index (κ1) is 22.1. The number of anilines is 1. The molecule has 1 aliphatic heterocycles. The molecule has 0 saturated carbocycles. The van der Waals surface area contributed by atoms with Crippen molar-refractivity contribution in [3.8, 4) is 11.1 Å². The normalized spacial score (nSPS) is 14.7. The molecule has 1 aliphatic rings. The predicted molar refractivity (Wildman–Crippen MR) is 119 cm³/mol. The van der Waals surface area contributed by atoms with Gasteiger partial charge in [-0.3, -0.25) is 14.4 Å². The molecule has 8 heteroatoms. The number of carbonyl (C=O) groups is 3. The monoisotopic (exact) mass is 449 g/mol. The number of amides is 3. The Kier molecular flexibility index (Phi) is 6.17. The van der Waals surface area contributed by atoms with Gasteiger partial charge in [-0.05, 0) is 34.9 Å². The minimum Gasteiger partial charge on any atom is -0.352 e. The molecule has 0 fully saturated rings. The number of hydrogen-bond donors (Lipinski definition) is 2. The van der Waals surface area contributed by atoms with E-state index in [0.29, 0.717) is 11.3 Å². The van der Waals surface area contributed by atoms with Crippen LogP contribution in [0.4, 0.5) is 14.5 Å². The number of nitrogens with one attached hydrogen (secondary N) is 2. The second-order valence-corrected chi connectivity index (χ2v) is 7.73. The van der Waals surface area contributed by atoms with Crippen LogP contribution < -0.4 is 15.5 Å². The second kappa shape index (κ2) is 9.20. The minimum atomic E-state index is -0.976. The third-order valence-electron chi connectivity index (χ3n) is 5.44. The van der Waals surface area contributed by atoms with Crippen LogP contribution in [0.2, 0.25) is 0 Å². The molecule has 1 unspecified atom stereocenters. The van der Waals surface area contributed by atoms with E-state index in [1.807, 2.05) is 36.4 Å². The molecular formula is C25H21F2N3O3. The van der Waals surface area contributed by atoms with Crippen LogP contribution in [-0.2, 0) is 20.9 Å². The highest BCUT2D eigenvalue weighted by atomic mass is 19.1. The van der Waals surface area contributed by atoms with Gasteiger partial charge in [-0.1, -0.05) is 42.5 Å². The number of carbonyl (C=O) groups excluding carboxylic acids is 3. The number of rotatable bonds is 5. The number of likely N-dealkylation sites (N-methyl/N-ethyl adjacent to an activating group) is 1. The van der Waals surface area contributed by atoms with Gasteiger partial charge in [-0.25, -0.2) is 8.78 Å². The summed E-state index contributed by atoms with van der Waals surface area (Å²) in [6.45, 7) is -0.135. The fourth-order valence-electron chi connectivity index (χ4n) is 3.91. The number of fused-ring (bicyclic) bond motifs is 3. The summed E-state index contributed by atoms with van der Waals surface area (Å²) >= 11 is 0. The van der Waals surface area contributed by atoms with Gasteiger partial charge in [0.15, 0.2) is 0 Å². The lowest BCUT2D eigenvalue weighted by molar-refractivity contribution is -0.132. The van der Waals surface area contributed by atoms with Gasteiger partial charge >= 0.3 is 0 Å². The van der Waals surface area contributed by atoms with Crippen LogP contribution in [0, 0.1) is 11.6 Å². The second-order valence-electron chi connectivity index (χ2n) is 7.73. The first-order valence-corrected chi connectivity index (χ1v) is 10.3. The maximum atomic E-state index is 13.3. The molecule has 33 heavy (non-hydrogen) atoms. The van der Waals surface area contributed by atoms with Gasteiger partial charge in [0.25, 0.3) is 5.91 Å². The molecule has 0 spiro atoms. The van der Waals surface area contributed by atoms with Crippen molar-refractivity contribution in [3.05, 3.63) is 89.5 Å². The van der Waals surface area contributed by atoms with Crippen molar-refractivity contribution in [2.45, 2.75) is 19.0 Å². The minimum absolute atomic E-state index is 0.135. The maximum Gasteiger partial charge on any atom is 0.253 e. The number of halogens is 2. The Labute approximate surface area is 189 Å². The number of nitrogens with zero attached hydrogens (tertiary/aromatic N) is 1. The van der Waals surface area contributed by atoms with Gasteiger partial charge < -0.3 is 15.5 Å². The molecule has 1 atom stereocenters.